The Balaban J connectivity index is 1.63. The van der Waals surface area contributed by atoms with Crippen molar-refractivity contribution in [1.29, 1.82) is 0 Å². The largest absolute Gasteiger partial charge is 0.338 e. The van der Waals surface area contributed by atoms with Crippen LogP contribution in [0.2, 0.25) is 5.02 Å². The highest BCUT2D eigenvalue weighted by Gasteiger charge is 2.21. The van der Waals surface area contributed by atoms with E-state index in [-0.39, 0.29) is 0 Å². The summed E-state index contributed by atoms with van der Waals surface area (Å²) in [5, 5.41) is 7.51. The number of fused-ring (bicyclic) bond motifs is 2. The molecule has 3 heterocycles. The predicted octanol–water partition coefficient (Wildman–Crippen LogP) is 4.14. The summed E-state index contributed by atoms with van der Waals surface area (Å²) < 4.78 is 0. The van der Waals surface area contributed by atoms with Crippen molar-refractivity contribution in [2.45, 2.75) is 25.3 Å². The summed E-state index contributed by atoms with van der Waals surface area (Å²) in [4.78, 5) is 11.7. The van der Waals surface area contributed by atoms with Crippen molar-refractivity contribution in [2.75, 3.05) is 30.8 Å². The molecule has 0 spiro atoms. The number of rotatable bonds is 3. The van der Waals surface area contributed by atoms with E-state index in [0.717, 1.165) is 41.6 Å². The van der Waals surface area contributed by atoms with Crippen molar-refractivity contribution in [1.82, 2.24) is 9.88 Å². The van der Waals surface area contributed by atoms with Gasteiger partial charge in [0.15, 0.2) is 5.82 Å². The maximum atomic E-state index is 6.23. The molecule has 2 N–H and O–H groups in total. The number of likely N-dealkylation sites (tertiary alicyclic amines) is 1. The maximum absolute atomic E-state index is 6.23. The number of nitrogens with one attached hydrogen (secondary N) is 2. The number of hydrogen-bond acceptors (Lipinski definition) is 4. The molecule has 2 aliphatic heterocycles. The van der Waals surface area contributed by atoms with Gasteiger partial charge in [0.25, 0.3) is 0 Å². The van der Waals surface area contributed by atoms with Gasteiger partial charge in [-0.05, 0) is 63.2 Å². The molecule has 0 amide bonds. The van der Waals surface area contributed by atoms with E-state index in [1.807, 2.05) is 30.3 Å². The van der Waals surface area contributed by atoms with E-state index in [2.05, 4.69) is 27.6 Å². The van der Waals surface area contributed by atoms with Crippen LogP contribution in [0.25, 0.3) is 0 Å². The van der Waals surface area contributed by atoms with Crippen LogP contribution in [0, 0.1) is 0 Å². The molecule has 4 rings (SSSR count). The lowest BCUT2D eigenvalue weighted by atomic mass is 10.1. The van der Waals surface area contributed by atoms with Crippen LogP contribution in [0.15, 0.2) is 41.5 Å². The zero-order valence-electron chi connectivity index (χ0n) is 14.3. The summed E-state index contributed by atoms with van der Waals surface area (Å²) in [5.74, 6) is 1.64. The molecule has 0 saturated carbocycles. The van der Waals surface area contributed by atoms with Crippen LogP contribution < -0.4 is 10.6 Å². The number of hydrogen-bond donors (Lipinski definition) is 2. The molecule has 6 heteroatoms. The van der Waals surface area contributed by atoms with Crippen molar-refractivity contribution in [3.05, 3.63) is 47.1 Å². The second kappa shape index (κ2) is 7.02. The summed E-state index contributed by atoms with van der Waals surface area (Å²) in [7, 11) is 2.20. The van der Waals surface area contributed by atoms with E-state index in [1.54, 1.807) is 6.20 Å². The Morgan fingerprint density at radius 3 is 3.04 bits per heavy atom. The van der Waals surface area contributed by atoms with Gasteiger partial charge in [-0.2, -0.15) is 0 Å². The monoisotopic (exact) mass is 355 g/mol. The topological polar surface area (TPSA) is 52.5 Å². The van der Waals surface area contributed by atoms with Gasteiger partial charge in [-0.25, -0.2) is 4.98 Å². The first kappa shape index (κ1) is 16.4. The van der Waals surface area contributed by atoms with E-state index in [9.17, 15) is 0 Å². The molecule has 1 saturated heterocycles. The lowest BCUT2D eigenvalue weighted by molar-refractivity contribution is 0.299. The fraction of sp³-hybridized carbons (Fsp3) is 0.368. The van der Waals surface area contributed by atoms with E-state index < -0.39 is 0 Å². The Kier molecular flexibility index (Phi) is 4.59. The highest BCUT2D eigenvalue weighted by Crippen LogP contribution is 2.32. The van der Waals surface area contributed by atoms with Gasteiger partial charge in [0, 0.05) is 29.4 Å². The summed E-state index contributed by atoms with van der Waals surface area (Å²) in [6.45, 7) is 1.99. The molecule has 2 aromatic rings. The zero-order chi connectivity index (χ0) is 17.2. The fourth-order valence-corrected chi connectivity index (χ4v) is 3.72. The molecule has 1 aromatic heterocycles. The Morgan fingerprint density at radius 1 is 1.28 bits per heavy atom. The van der Waals surface area contributed by atoms with E-state index in [1.165, 1.54) is 19.4 Å². The van der Waals surface area contributed by atoms with Crippen molar-refractivity contribution in [3.63, 3.8) is 0 Å². The van der Waals surface area contributed by atoms with Gasteiger partial charge in [0.1, 0.15) is 5.84 Å². The molecule has 0 radical (unpaired) electrons. The first-order valence-electron chi connectivity index (χ1n) is 8.74. The lowest BCUT2D eigenvalue weighted by Crippen LogP contribution is -2.25. The van der Waals surface area contributed by atoms with Gasteiger partial charge in [0.05, 0.1) is 11.4 Å². The third-order valence-corrected chi connectivity index (χ3v) is 5.19. The minimum absolute atomic E-state index is 0.640. The second-order valence-corrected chi connectivity index (χ2v) is 7.07. The van der Waals surface area contributed by atoms with Gasteiger partial charge in [-0.1, -0.05) is 11.6 Å². The summed E-state index contributed by atoms with van der Waals surface area (Å²) in [6.07, 6.45) is 5.41. The van der Waals surface area contributed by atoms with Gasteiger partial charge in [-0.3, -0.25) is 4.99 Å². The molecular formula is C19H22ClN5. The number of nitrogens with zero attached hydrogens (tertiary/aromatic N) is 3. The molecule has 0 bridgehead atoms. The Hall–Kier alpha value is -2.11. The average Bonchev–Trinajstić information content (AvgIpc) is 2.94. The number of halogens is 1. The van der Waals surface area contributed by atoms with Crippen LogP contribution >= 0.6 is 11.6 Å². The number of amidine groups is 1. The number of pyridine rings is 1. The average molecular weight is 356 g/mol. The molecule has 25 heavy (non-hydrogen) atoms. The predicted molar refractivity (Wildman–Crippen MR) is 104 cm³/mol. The summed E-state index contributed by atoms with van der Waals surface area (Å²) in [5.41, 5.74) is 2.86. The molecule has 130 valence electrons. The minimum Gasteiger partial charge on any atom is -0.338 e. The number of aliphatic imine (C=N–C) groups is 1. The van der Waals surface area contributed by atoms with Crippen LogP contribution in [-0.2, 0) is 0 Å². The summed E-state index contributed by atoms with van der Waals surface area (Å²) >= 11 is 6.23. The third-order valence-electron chi connectivity index (χ3n) is 4.95. The third kappa shape index (κ3) is 3.48. The normalized spacial score (nSPS) is 21.2. The molecular weight excluding hydrogens is 334 g/mol. The second-order valence-electron chi connectivity index (χ2n) is 6.64. The highest BCUT2D eigenvalue weighted by atomic mass is 35.5. The zero-order valence-corrected chi connectivity index (χ0v) is 15.1. The molecule has 1 aromatic carbocycles. The van der Waals surface area contributed by atoms with E-state index >= 15 is 0 Å². The van der Waals surface area contributed by atoms with Gasteiger partial charge in [-0.15, -0.1) is 0 Å². The van der Waals surface area contributed by atoms with Gasteiger partial charge < -0.3 is 15.5 Å². The Labute approximate surface area is 153 Å². The van der Waals surface area contributed by atoms with Gasteiger partial charge >= 0.3 is 0 Å². The first-order valence-corrected chi connectivity index (χ1v) is 9.12. The number of anilines is 3. The molecule has 1 atom stereocenters. The molecule has 0 aliphatic carbocycles. The highest BCUT2D eigenvalue weighted by molar-refractivity contribution is 6.31. The van der Waals surface area contributed by atoms with Crippen LogP contribution in [-0.4, -0.2) is 41.9 Å². The molecule has 5 nitrogen and oxygen atoms in total. The van der Waals surface area contributed by atoms with Crippen LogP contribution in [0.4, 0.5) is 17.2 Å². The maximum Gasteiger partial charge on any atom is 0.154 e. The van der Waals surface area contributed by atoms with E-state index in [0.29, 0.717) is 11.1 Å². The SMILES string of the molecule is CN1CCCC1CCN=C1Nc2cccnc2Nc2ccc(Cl)cc21. The van der Waals surface area contributed by atoms with Gasteiger partial charge in [0.2, 0.25) is 0 Å². The molecule has 1 unspecified atom stereocenters. The van der Waals surface area contributed by atoms with Crippen molar-refractivity contribution >= 4 is 34.6 Å². The van der Waals surface area contributed by atoms with Crippen molar-refractivity contribution < 1.29 is 0 Å². The lowest BCUT2D eigenvalue weighted by Gasteiger charge is -2.18. The number of aromatic nitrogens is 1. The first-order chi connectivity index (χ1) is 12.2. The van der Waals surface area contributed by atoms with Crippen molar-refractivity contribution in [2.24, 2.45) is 4.99 Å². The minimum atomic E-state index is 0.640. The Morgan fingerprint density at radius 2 is 2.20 bits per heavy atom. The van der Waals surface area contributed by atoms with Crippen LogP contribution in [0.3, 0.4) is 0 Å². The van der Waals surface area contributed by atoms with E-state index in [4.69, 9.17) is 16.6 Å². The smallest absolute Gasteiger partial charge is 0.154 e. The standard InChI is InChI=1S/C19H22ClN5/c1-25-11-3-4-14(25)8-10-22-18-15-12-13(20)6-7-16(15)23-19-17(24-18)5-2-9-21-19/h2,5-7,9,12,14H,3-4,8,10-11H2,1H3,(H,21,23)(H,22,24). The van der Waals surface area contributed by atoms with Crippen LogP contribution in [0.1, 0.15) is 24.8 Å². The fourth-order valence-electron chi connectivity index (χ4n) is 3.54. The molecule has 2 aliphatic rings. The Bertz CT molecular complexity index is 804. The van der Waals surface area contributed by atoms with Crippen molar-refractivity contribution in [3.8, 4) is 0 Å². The quantitative estimate of drug-likeness (QED) is 0.869. The number of benzene rings is 1. The summed E-state index contributed by atoms with van der Waals surface area (Å²) in [6, 6.07) is 10.4. The van der Waals surface area contributed by atoms with Crippen LogP contribution in [0.5, 0.6) is 0 Å². The molecule has 1 fully saturated rings.